The van der Waals surface area contributed by atoms with Crippen LogP contribution in [0.4, 0.5) is 4.79 Å². The van der Waals surface area contributed by atoms with E-state index in [0.29, 0.717) is 13.0 Å². The second-order valence-corrected chi connectivity index (χ2v) is 5.41. The minimum Gasteiger partial charge on any atom is -0.444 e. The number of nitrogens with one attached hydrogen (secondary N) is 1. The average Bonchev–Trinajstić information content (AvgIpc) is 2.58. The first kappa shape index (κ1) is 11.2. The highest BCUT2D eigenvalue weighted by Gasteiger charge is 2.44. The number of likely N-dealkylation sites (tertiary alicyclic amines) is 1. The van der Waals surface area contributed by atoms with E-state index in [2.05, 4.69) is 5.32 Å². The van der Waals surface area contributed by atoms with E-state index >= 15 is 0 Å². The molecular formula is C11H18N2O3. The Morgan fingerprint density at radius 2 is 2.19 bits per heavy atom. The largest absolute Gasteiger partial charge is 0.444 e. The van der Waals surface area contributed by atoms with Crippen LogP contribution in [0.5, 0.6) is 0 Å². The lowest BCUT2D eigenvalue weighted by Crippen LogP contribution is -2.41. The molecular weight excluding hydrogens is 208 g/mol. The van der Waals surface area contributed by atoms with E-state index in [1.54, 1.807) is 4.90 Å². The standard InChI is InChI=1S/C11H18N2O3/c1-11(2,3)16-10(15)13-5-4-7-8(13)6-9(14)12-7/h7-8H,4-6H2,1-3H3,(H,12,14). The Labute approximate surface area is 95.1 Å². The summed E-state index contributed by atoms with van der Waals surface area (Å²) in [7, 11) is 0. The number of rotatable bonds is 0. The first-order valence-electron chi connectivity index (χ1n) is 5.66. The van der Waals surface area contributed by atoms with Crippen LogP contribution in [-0.4, -0.2) is 41.1 Å². The zero-order valence-electron chi connectivity index (χ0n) is 9.95. The smallest absolute Gasteiger partial charge is 0.410 e. The van der Waals surface area contributed by atoms with Crippen molar-refractivity contribution in [3.63, 3.8) is 0 Å². The minimum absolute atomic E-state index is 0.0117. The number of nitrogens with zero attached hydrogens (tertiary/aromatic N) is 1. The lowest BCUT2D eigenvalue weighted by Gasteiger charge is -2.27. The summed E-state index contributed by atoms with van der Waals surface area (Å²) in [6.45, 7) is 6.20. The monoisotopic (exact) mass is 226 g/mol. The van der Waals surface area contributed by atoms with E-state index in [1.165, 1.54) is 0 Å². The summed E-state index contributed by atoms with van der Waals surface area (Å²) in [5.41, 5.74) is -0.481. The van der Waals surface area contributed by atoms with Crippen molar-refractivity contribution in [1.82, 2.24) is 10.2 Å². The van der Waals surface area contributed by atoms with Crippen molar-refractivity contribution in [3.8, 4) is 0 Å². The van der Waals surface area contributed by atoms with Crippen molar-refractivity contribution in [2.45, 2.75) is 51.3 Å². The van der Waals surface area contributed by atoms with Gasteiger partial charge in [0.2, 0.25) is 5.91 Å². The Morgan fingerprint density at radius 3 is 2.81 bits per heavy atom. The maximum atomic E-state index is 11.9. The molecule has 2 fully saturated rings. The third-order valence-corrected chi connectivity index (χ3v) is 2.91. The van der Waals surface area contributed by atoms with E-state index in [1.807, 2.05) is 20.8 Å². The van der Waals surface area contributed by atoms with Gasteiger partial charge in [0.15, 0.2) is 0 Å². The maximum Gasteiger partial charge on any atom is 0.410 e. The van der Waals surface area contributed by atoms with Crippen molar-refractivity contribution in [2.75, 3.05) is 6.54 Å². The van der Waals surface area contributed by atoms with Crippen molar-refractivity contribution in [2.24, 2.45) is 0 Å². The molecule has 2 amide bonds. The number of hydrogen-bond acceptors (Lipinski definition) is 3. The first-order chi connectivity index (χ1) is 7.37. The normalized spacial score (nSPS) is 28.9. The number of hydrogen-bond donors (Lipinski definition) is 1. The highest BCUT2D eigenvalue weighted by Crippen LogP contribution is 2.27. The number of fused-ring (bicyclic) bond motifs is 1. The highest BCUT2D eigenvalue weighted by atomic mass is 16.6. The van der Waals surface area contributed by atoms with Gasteiger partial charge >= 0.3 is 6.09 Å². The van der Waals surface area contributed by atoms with E-state index in [4.69, 9.17) is 4.74 Å². The van der Waals surface area contributed by atoms with E-state index < -0.39 is 5.60 Å². The number of carbonyl (C=O) groups excluding carboxylic acids is 2. The predicted octanol–water partition coefficient (Wildman–Crippen LogP) is 0.884. The minimum atomic E-state index is -0.481. The van der Waals surface area contributed by atoms with Crippen LogP contribution in [0.25, 0.3) is 0 Å². The Balaban J connectivity index is 2.00. The van der Waals surface area contributed by atoms with Crippen molar-refractivity contribution in [1.29, 1.82) is 0 Å². The van der Waals surface area contributed by atoms with Crippen LogP contribution < -0.4 is 5.32 Å². The van der Waals surface area contributed by atoms with Gasteiger partial charge < -0.3 is 15.0 Å². The second-order valence-electron chi connectivity index (χ2n) is 5.41. The Bertz CT molecular complexity index is 322. The second kappa shape index (κ2) is 3.64. The van der Waals surface area contributed by atoms with Crippen LogP contribution in [0.2, 0.25) is 0 Å². The third kappa shape index (κ3) is 2.13. The van der Waals surface area contributed by atoms with Gasteiger partial charge in [0.1, 0.15) is 5.60 Å². The van der Waals surface area contributed by atoms with Gasteiger partial charge in [-0.3, -0.25) is 4.79 Å². The molecule has 5 nitrogen and oxygen atoms in total. The summed E-state index contributed by atoms with van der Waals surface area (Å²) in [6.07, 6.45) is 0.927. The Morgan fingerprint density at radius 1 is 1.50 bits per heavy atom. The van der Waals surface area contributed by atoms with E-state index in [9.17, 15) is 9.59 Å². The molecule has 0 saturated carbocycles. The van der Waals surface area contributed by atoms with E-state index in [0.717, 1.165) is 6.42 Å². The topological polar surface area (TPSA) is 58.6 Å². The molecule has 1 N–H and O–H groups in total. The molecule has 2 heterocycles. The van der Waals surface area contributed by atoms with Crippen LogP contribution in [0, 0.1) is 0 Å². The summed E-state index contributed by atoms with van der Waals surface area (Å²) >= 11 is 0. The molecule has 0 aliphatic carbocycles. The average molecular weight is 226 g/mol. The summed E-state index contributed by atoms with van der Waals surface area (Å²) < 4.78 is 5.31. The zero-order valence-corrected chi connectivity index (χ0v) is 9.95. The Hall–Kier alpha value is -1.26. The van der Waals surface area contributed by atoms with Crippen LogP contribution in [0.3, 0.4) is 0 Å². The molecule has 0 radical (unpaired) electrons. The number of carbonyl (C=O) groups is 2. The number of ether oxygens (including phenoxy) is 1. The molecule has 2 atom stereocenters. The molecule has 2 aliphatic rings. The molecule has 2 aliphatic heterocycles. The first-order valence-corrected chi connectivity index (χ1v) is 5.66. The molecule has 0 aromatic carbocycles. The Kier molecular flexibility index (Phi) is 2.56. The van der Waals surface area contributed by atoms with Crippen molar-refractivity contribution in [3.05, 3.63) is 0 Å². The summed E-state index contributed by atoms with van der Waals surface area (Å²) in [5, 5.41) is 2.88. The molecule has 2 rings (SSSR count). The molecule has 0 bridgehead atoms. The fourth-order valence-electron chi connectivity index (χ4n) is 2.28. The van der Waals surface area contributed by atoms with Crippen molar-refractivity contribution < 1.29 is 14.3 Å². The summed E-state index contributed by atoms with van der Waals surface area (Å²) in [6, 6.07) is 0.113. The molecule has 16 heavy (non-hydrogen) atoms. The predicted molar refractivity (Wildman–Crippen MR) is 57.9 cm³/mol. The maximum absolute atomic E-state index is 11.9. The molecule has 0 aromatic rings. The molecule has 5 heteroatoms. The molecule has 2 unspecified atom stereocenters. The van der Waals surface area contributed by atoms with Crippen LogP contribution in [0.1, 0.15) is 33.6 Å². The van der Waals surface area contributed by atoms with Gasteiger partial charge in [0, 0.05) is 13.0 Å². The zero-order chi connectivity index (χ0) is 11.9. The molecule has 90 valence electrons. The summed E-state index contributed by atoms with van der Waals surface area (Å²) in [4.78, 5) is 24.8. The van der Waals surface area contributed by atoms with Gasteiger partial charge in [-0.05, 0) is 27.2 Å². The van der Waals surface area contributed by atoms with Gasteiger partial charge in [0.05, 0.1) is 12.1 Å². The van der Waals surface area contributed by atoms with Crippen LogP contribution in [-0.2, 0) is 9.53 Å². The lowest BCUT2D eigenvalue weighted by atomic mass is 10.1. The van der Waals surface area contributed by atoms with Gasteiger partial charge in [-0.15, -0.1) is 0 Å². The third-order valence-electron chi connectivity index (χ3n) is 2.91. The van der Waals surface area contributed by atoms with Crippen LogP contribution >= 0.6 is 0 Å². The van der Waals surface area contributed by atoms with Gasteiger partial charge in [-0.25, -0.2) is 4.79 Å². The van der Waals surface area contributed by atoms with Gasteiger partial charge in [-0.1, -0.05) is 0 Å². The summed E-state index contributed by atoms with van der Waals surface area (Å²) in [5.74, 6) is 0.0308. The molecule has 0 aromatic heterocycles. The van der Waals surface area contributed by atoms with Gasteiger partial charge in [-0.2, -0.15) is 0 Å². The quantitative estimate of drug-likeness (QED) is 0.667. The highest BCUT2D eigenvalue weighted by molar-refractivity contribution is 5.81. The fourth-order valence-corrected chi connectivity index (χ4v) is 2.28. The SMILES string of the molecule is CC(C)(C)OC(=O)N1CCC2NC(=O)CC21. The van der Waals surface area contributed by atoms with E-state index in [-0.39, 0.29) is 24.1 Å². The fraction of sp³-hybridized carbons (Fsp3) is 0.818. The van der Waals surface area contributed by atoms with Crippen molar-refractivity contribution >= 4 is 12.0 Å². The van der Waals surface area contributed by atoms with Crippen LogP contribution in [0.15, 0.2) is 0 Å². The number of amides is 2. The molecule has 0 spiro atoms. The molecule has 2 saturated heterocycles. The lowest BCUT2D eigenvalue weighted by molar-refractivity contribution is -0.119. The van der Waals surface area contributed by atoms with Gasteiger partial charge in [0.25, 0.3) is 0 Å².